The van der Waals surface area contributed by atoms with Crippen molar-refractivity contribution < 1.29 is 59.6 Å². The molecular formula is C40H48FN7O13S2. The molecule has 5 aliphatic rings. The second-order valence-corrected chi connectivity index (χ2v) is 21.1. The number of amides is 5. The molecule has 23 heteroatoms. The molecule has 2 aromatic carbocycles. The normalized spacial score (nSPS) is 26.2. The van der Waals surface area contributed by atoms with Gasteiger partial charge in [-0.2, -0.15) is 4.31 Å². The number of nitro benzene ring substituents is 1. The summed E-state index contributed by atoms with van der Waals surface area (Å²) in [5.74, 6) is -4.16. The Bertz CT molecular complexity index is 2480. The predicted molar refractivity (Wildman–Crippen MR) is 218 cm³/mol. The lowest BCUT2D eigenvalue weighted by Gasteiger charge is -2.31. The zero-order valence-electron chi connectivity index (χ0n) is 34.7. The first-order valence-electron chi connectivity index (χ1n) is 20.4. The standard InChI is InChI=1S/C40H48FN7O13S2/c1-39(2,3)61-37(52)42-30-16-18-46(63(58,59)33-13-5-4-12-31(33)48(54)55)17-7-6-10-25-20-40(25,36(51)44-62(56,57)27-14-15-27)43-34(49)32-19-26(22-47(32)35(30)50)60-38(53)45-21-24-9-8-11-29(41)28(24)23-45/h4-6,8-13,25-27,30,32H,7,14-23H2,1-3H3,(H,42,52)(H,43,49)(H,44,51)/b10-6-/t25-,26+,30-,32-,40+/m0/s1. The molecule has 2 aliphatic carbocycles. The lowest BCUT2D eigenvalue weighted by molar-refractivity contribution is -0.387. The van der Waals surface area contributed by atoms with Crippen molar-refractivity contribution in [3.8, 4) is 0 Å². The largest absolute Gasteiger partial charge is 0.444 e. The molecule has 3 heterocycles. The Morgan fingerprint density at radius 1 is 1.00 bits per heavy atom. The third-order valence-corrected chi connectivity index (χ3v) is 15.3. The molecule has 3 aliphatic heterocycles. The van der Waals surface area contributed by atoms with Crippen LogP contribution in [0.2, 0.25) is 0 Å². The molecule has 0 spiro atoms. The van der Waals surface area contributed by atoms with E-state index >= 15 is 0 Å². The zero-order valence-corrected chi connectivity index (χ0v) is 36.3. The van der Waals surface area contributed by atoms with Crippen LogP contribution in [0.1, 0.15) is 70.4 Å². The van der Waals surface area contributed by atoms with Crippen LogP contribution in [0.15, 0.2) is 59.5 Å². The van der Waals surface area contributed by atoms with Crippen molar-refractivity contribution in [2.45, 2.75) is 112 Å². The number of rotatable bonds is 8. The number of carbonyl (C=O) groups excluding carboxylic acids is 5. The van der Waals surface area contributed by atoms with Crippen LogP contribution in [-0.4, -0.2) is 120 Å². The Hall–Kier alpha value is -5.68. The number of sulfonamides is 2. The molecule has 63 heavy (non-hydrogen) atoms. The van der Waals surface area contributed by atoms with Crippen LogP contribution in [0.25, 0.3) is 0 Å². The highest BCUT2D eigenvalue weighted by molar-refractivity contribution is 7.91. The summed E-state index contributed by atoms with van der Waals surface area (Å²) in [5.41, 5.74) is -2.72. The summed E-state index contributed by atoms with van der Waals surface area (Å²) >= 11 is 0. The number of nitrogens with zero attached hydrogens (tertiary/aromatic N) is 4. The molecule has 7 rings (SSSR count). The van der Waals surface area contributed by atoms with Gasteiger partial charge in [-0.25, -0.2) is 30.8 Å². The molecule has 340 valence electrons. The molecule has 20 nitrogen and oxygen atoms in total. The summed E-state index contributed by atoms with van der Waals surface area (Å²) in [7, 11) is -8.77. The van der Waals surface area contributed by atoms with E-state index in [9.17, 15) is 55.3 Å². The van der Waals surface area contributed by atoms with Crippen molar-refractivity contribution in [3.05, 3.63) is 81.7 Å². The van der Waals surface area contributed by atoms with E-state index in [1.807, 2.05) is 0 Å². The molecule has 2 aromatic rings. The molecule has 0 radical (unpaired) electrons. The van der Waals surface area contributed by atoms with E-state index in [2.05, 4.69) is 15.4 Å². The fraction of sp³-hybridized carbons (Fsp3) is 0.525. The minimum Gasteiger partial charge on any atom is -0.444 e. The smallest absolute Gasteiger partial charge is 0.410 e. The van der Waals surface area contributed by atoms with Crippen molar-refractivity contribution in [1.82, 2.24) is 29.5 Å². The van der Waals surface area contributed by atoms with E-state index in [1.54, 1.807) is 26.8 Å². The predicted octanol–water partition coefficient (Wildman–Crippen LogP) is 2.57. The van der Waals surface area contributed by atoms with Gasteiger partial charge < -0.3 is 25.0 Å². The van der Waals surface area contributed by atoms with Gasteiger partial charge in [-0.15, -0.1) is 0 Å². The second kappa shape index (κ2) is 17.1. The van der Waals surface area contributed by atoms with Gasteiger partial charge in [-0.05, 0) is 70.6 Å². The van der Waals surface area contributed by atoms with Crippen molar-refractivity contribution >= 4 is 55.6 Å². The fourth-order valence-electron chi connectivity index (χ4n) is 8.05. The number of nitrogens with one attached hydrogen (secondary N) is 3. The first-order valence-corrected chi connectivity index (χ1v) is 23.4. The quantitative estimate of drug-likeness (QED) is 0.196. The Morgan fingerprint density at radius 3 is 2.41 bits per heavy atom. The Morgan fingerprint density at radius 2 is 1.73 bits per heavy atom. The average Bonchev–Trinajstić information content (AvgIpc) is 4.09. The van der Waals surface area contributed by atoms with E-state index in [4.69, 9.17) is 9.47 Å². The molecule has 0 aromatic heterocycles. The molecule has 3 fully saturated rings. The fourth-order valence-corrected chi connectivity index (χ4v) is 11.0. The van der Waals surface area contributed by atoms with Crippen LogP contribution in [0, 0.1) is 21.8 Å². The number of hydrogen-bond acceptors (Lipinski definition) is 13. The number of nitro groups is 1. The average molecular weight is 918 g/mol. The van der Waals surface area contributed by atoms with E-state index in [0.29, 0.717) is 24.0 Å². The molecule has 0 bridgehead atoms. The molecule has 3 N–H and O–H groups in total. The summed E-state index contributed by atoms with van der Waals surface area (Å²) in [6.07, 6.45) is -0.250. The van der Waals surface area contributed by atoms with Gasteiger partial charge in [0.1, 0.15) is 35.1 Å². The topological polar surface area (TPSA) is 261 Å². The molecule has 1 saturated heterocycles. The summed E-state index contributed by atoms with van der Waals surface area (Å²) in [4.78, 5) is 82.7. The third-order valence-electron chi connectivity index (χ3n) is 11.5. The summed E-state index contributed by atoms with van der Waals surface area (Å²) < 4.78 is 83.1. The van der Waals surface area contributed by atoms with Crippen molar-refractivity contribution in [1.29, 1.82) is 0 Å². The van der Waals surface area contributed by atoms with Crippen molar-refractivity contribution in [3.63, 3.8) is 0 Å². The SMILES string of the molecule is CC(C)(C)OC(=O)N[C@H]1CCN(S(=O)(=O)c2ccccc2[N+](=O)[O-])CC/C=C\[C@H]2C[C@@]2(C(=O)NS(=O)(=O)C2CC2)NC(=O)[C@@H]2C[C@@H](OC(=O)N3Cc4cccc(F)c4C3)CN2C1=O. The maximum absolute atomic E-state index is 14.8. The highest BCUT2D eigenvalue weighted by atomic mass is 32.2. The summed E-state index contributed by atoms with van der Waals surface area (Å²) in [6.45, 7) is 3.40. The third kappa shape index (κ3) is 9.78. The molecular weight excluding hydrogens is 870 g/mol. The minimum absolute atomic E-state index is 0.0228. The number of para-hydroxylation sites is 1. The monoisotopic (exact) mass is 917 g/mol. The van der Waals surface area contributed by atoms with Gasteiger partial charge in [-0.1, -0.05) is 36.4 Å². The second-order valence-electron chi connectivity index (χ2n) is 17.3. The van der Waals surface area contributed by atoms with Gasteiger partial charge >= 0.3 is 12.2 Å². The van der Waals surface area contributed by atoms with Gasteiger partial charge in [0.15, 0.2) is 4.90 Å². The first-order chi connectivity index (χ1) is 29.6. The lowest BCUT2D eigenvalue weighted by Crippen LogP contribution is -2.58. The first kappa shape index (κ1) is 45.3. The van der Waals surface area contributed by atoms with E-state index < -0.39 is 131 Å². The van der Waals surface area contributed by atoms with Crippen LogP contribution < -0.4 is 15.4 Å². The van der Waals surface area contributed by atoms with Crippen LogP contribution >= 0.6 is 0 Å². The minimum atomic E-state index is -4.67. The number of hydrogen-bond donors (Lipinski definition) is 3. The van der Waals surface area contributed by atoms with Crippen LogP contribution in [0.4, 0.5) is 19.7 Å². The molecule has 5 amide bonds. The van der Waals surface area contributed by atoms with Crippen LogP contribution in [-0.2, 0) is 57.0 Å². The van der Waals surface area contributed by atoms with Gasteiger partial charge in [-0.3, -0.25) is 34.1 Å². The number of benzene rings is 2. The van der Waals surface area contributed by atoms with E-state index in [0.717, 1.165) is 21.3 Å². The Balaban J connectivity index is 1.24. The number of ether oxygens (including phenoxy) is 2. The highest BCUT2D eigenvalue weighted by Gasteiger charge is 2.62. The van der Waals surface area contributed by atoms with Crippen molar-refractivity contribution in [2.75, 3.05) is 19.6 Å². The molecule has 2 saturated carbocycles. The van der Waals surface area contributed by atoms with Crippen LogP contribution in [0.5, 0.6) is 0 Å². The Labute approximate surface area is 362 Å². The molecule has 0 unspecified atom stereocenters. The lowest BCUT2D eigenvalue weighted by atomic mass is 10.1. The number of alkyl carbamates (subject to hydrolysis) is 1. The zero-order chi connectivity index (χ0) is 45.6. The summed E-state index contributed by atoms with van der Waals surface area (Å²) in [6, 6.07) is 6.04. The van der Waals surface area contributed by atoms with Gasteiger partial charge in [0.05, 0.1) is 23.3 Å². The maximum Gasteiger partial charge on any atom is 0.410 e. The number of halogens is 1. The Kier molecular flexibility index (Phi) is 12.3. The van der Waals surface area contributed by atoms with Gasteiger partial charge in [0.25, 0.3) is 11.6 Å². The van der Waals surface area contributed by atoms with Gasteiger partial charge in [0, 0.05) is 43.6 Å². The van der Waals surface area contributed by atoms with Gasteiger partial charge in [0.2, 0.25) is 31.9 Å². The molecule has 5 atom stereocenters. The maximum atomic E-state index is 14.8. The van der Waals surface area contributed by atoms with E-state index in [1.165, 1.54) is 41.3 Å². The van der Waals surface area contributed by atoms with E-state index in [-0.39, 0.29) is 38.9 Å². The number of fused-ring (bicyclic) bond motifs is 3. The van der Waals surface area contributed by atoms with Crippen molar-refractivity contribution in [2.24, 2.45) is 5.92 Å². The summed E-state index contributed by atoms with van der Waals surface area (Å²) in [5, 5.41) is 16.3. The number of carbonyl (C=O) groups is 5. The highest BCUT2D eigenvalue weighted by Crippen LogP contribution is 2.46. The van der Waals surface area contributed by atoms with Crippen LogP contribution in [0.3, 0.4) is 0 Å².